The van der Waals surface area contributed by atoms with E-state index in [-0.39, 0.29) is 28.1 Å². The molecule has 0 saturated heterocycles. The highest BCUT2D eigenvalue weighted by Gasteiger charge is 2.24. The molecule has 110 valence electrons. The average Bonchev–Trinajstić information content (AvgIpc) is 3.10. The van der Waals surface area contributed by atoms with E-state index in [1.807, 2.05) is 6.92 Å². The third kappa shape index (κ3) is 3.96. The van der Waals surface area contributed by atoms with Crippen LogP contribution in [0.4, 0.5) is 5.69 Å². The molecule has 1 aliphatic rings. The van der Waals surface area contributed by atoms with Gasteiger partial charge in [-0.25, -0.2) is 8.42 Å². The average molecular weight is 296 g/mol. The fourth-order valence-corrected chi connectivity index (χ4v) is 2.88. The summed E-state index contributed by atoms with van der Waals surface area (Å²) >= 11 is 0. The Balaban J connectivity index is 2.14. The van der Waals surface area contributed by atoms with Crippen molar-refractivity contribution in [2.45, 2.75) is 37.1 Å². The summed E-state index contributed by atoms with van der Waals surface area (Å²) in [5.41, 5.74) is 6.23. The first-order chi connectivity index (χ1) is 9.25. The molecule has 0 heterocycles. The third-order valence-electron chi connectivity index (χ3n) is 3.38. The zero-order valence-corrected chi connectivity index (χ0v) is 12.5. The topological polar surface area (TPSA) is 89.3 Å². The van der Waals surface area contributed by atoms with Crippen LogP contribution in [-0.2, 0) is 9.84 Å². The summed E-state index contributed by atoms with van der Waals surface area (Å²) in [5, 5.41) is 2.88. The summed E-state index contributed by atoms with van der Waals surface area (Å²) in [6, 6.07) is 4.30. The lowest BCUT2D eigenvalue weighted by atomic mass is 10.1. The minimum atomic E-state index is -3.38. The number of nitrogens with two attached hydrogens (primary N) is 1. The number of rotatable bonds is 5. The molecule has 5 nitrogen and oxygen atoms in total. The Morgan fingerprint density at radius 1 is 1.40 bits per heavy atom. The Kier molecular flexibility index (Phi) is 4.04. The van der Waals surface area contributed by atoms with Gasteiger partial charge in [0, 0.05) is 23.5 Å². The number of anilines is 1. The van der Waals surface area contributed by atoms with E-state index in [2.05, 4.69) is 5.32 Å². The molecule has 6 heteroatoms. The van der Waals surface area contributed by atoms with Gasteiger partial charge in [-0.1, -0.05) is 12.8 Å². The summed E-state index contributed by atoms with van der Waals surface area (Å²) in [4.78, 5) is 12.2. The maximum atomic E-state index is 12.1. The molecule has 2 rings (SSSR count). The van der Waals surface area contributed by atoms with Gasteiger partial charge in [-0.15, -0.1) is 0 Å². The Morgan fingerprint density at radius 3 is 2.60 bits per heavy atom. The van der Waals surface area contributed by atoms with Crippen LogP contribution < -0.4 is 11.1 Å². The molecule has 1 atom stereocenters. The molecule has 1 saturated carbocycles. The van der Waals surface area contributed by atoms with Gasteiger partial charge in [0.05, 0.1) is 4.90 Å². The zero-order chi connectivity index (χ0) is 14.9. The lowest BCUT2D eigenvalue weighted by Crippen LogP contribution is -2.33. The third-order valence-corrected chi connectivity index (χ3v) is 4.47. The number of hydrogen-bond donors (Lipinski definition) is 2. The number of nitrogens with one attached hydrogen (secondary N) is 1. The van der Waals surface area contributed by atoms with E-state index < -0.39 is 9.84 Å². The Labute approximate surface area is 119 Å². The summed E-state index contributed by atoms with van der Waals surface area (Å²) in [7, 11) is -3.38. The standard InChI is InChI=1S/C14H20N2O3S/c1-9(5-10-3-4-10)16-14(17)11-6-12(15)8-13(7-11)20(2,18)19/h6-10H,3-5,15H2,1-2H3,(H,16,17). The molecule has 0 aromatic heterocycles. The maximum Gasteiger partial charge on any atom is 0.251 e. The quantitative estimate of drug-likeness (QED) is 0.807. The molecule has 1 aliphatic carbocycles. The van der Waals surface area contributed by atoms with E-state index in [0.717, 1.165) is 18.6 Å². The fourth-order valence-electron chi connectivity index (χ4n) is 2.19. The number of benzene rings is 1. The van der Waals surface area contributed by atoms with E-state index in [4.69, 9.17) is 5.73 Å². The molecular weight excluding hydrogens is 276 g/mol. The van der Waals surface area contributed by atoms with Crippen LogP contribution in [0.5, 0.6) is 0 Å². The largest absolute Gasteiger partial charge is 0.399 e. The SMILES string of the molecule is CC(CC1CC1)NC(=O)c1cc(N)cc(S(C)(=O)=O)c1. The highest BCUT2D eigenvalue weighted by atomic mass is 32.2. The van der Waals surface area contributed by atoms with Gasteiger partial charge in [-0.3, -0.25) is 4.79 Å². The second kappa shape index (κ2) is 5.44. The second-order valence-corrected chi connectivity index (χ2v) is 7.63. The summed E-state index contributed by atoms with van der Waals surface area (Å²) < 4.78 is 23.1. The van der Waals surface area contributed by atoms with Crippen molar-refractivity contribution < 1.29 is 13.2 Å². The van der Waals surface area contributed by atoms with Gasteiger partial charge in [-0.05, 0) is 37.5 Å². The first kappa shape index (κ1) is 14.8. The first-order valence-electron chi connectivity index (χ1n) is 6.67. The smallest absolute Gasteiger partial charge is 0.251 e. The Hall–Kier alpha value is -1.56. The lowest BCUT2D eigenvalue weighted by Gasteiger charge is -2.14. The summed E-state index contributed by atoms with van der Waals surface area (Å²) in [6.45, 7) is 1.96. The Morgan fingerprint density at radius 2 is 2.05 bits per heavy atom. The van der Waals surface area contributed by atoms with Gasteiger partial charge in [0.2, 0.25) is 0 Å². The molecule has 0 radical (unpaired) electrons. The van der Waals surface area contributed by atoms with Crippen molar-refractivity contribution in [3.8, 4) is 0 Å². The maximum absolute atomic E-state index is 12.1. The lowest BCUT2D eigenvalue weighted by molar-refractivity contribution is 0.0937. The molecule has 1 amide bonds. The van der Waals surface area contributed by atoms with Crippen LogP contribution in [0.3, 0.4) is 0 Å². The molecule has 0 aliphatic heterocycles. The van der Waals surface area contributed by atoms with Gasteiger partial charge >= 0.3 is 0 Å². The Bertz CT molecular complexity index is 621. The number of carbonyl (C=O) groups is 1. The molecule has 0 bridgehead atoms. The van der Waals surface area contributed by atoms with Crippen molar-refractivity contribution in [3.63, 3.8) is 0 Å². The fraction of sp³-hybridized carbons (Fsp3) is 0.500. The van der Waals surface area contributed by atoms with Crippen molar-refractivity contribution in [1.82, 2.24) is 5.32 Å². The van der Waals surface area contributed by atoms with E-state index in [9.17, 15) is 13.2 Å². The molecule has 3 N–H and O–H groups in total. The summed E-state index contributed by atoms with van der Waals surface area (Å²) in [5.74, 6) is 0.438. The minimum Gasteiger partial charge on any atom is -0.399 e. The van der Waals surface area contributed by atoms with Crippen molar-refractivity contribution in [2.24, 2.45) is 5.92 Å². The highest BCUT2D eigenvalue weighted by molar-refractivity contribution is 7.90. The van der Waals surface area contributed by atoms with Crippen LogP contribution in [0.2, 0.25) is 0 Å². The molecular formula is C14H20N2O3S. The van der Waals surface area contributed by atoms with Crippen LogP contribution in [0.25, 0.3) is 0 Å². The van der Waals surface area contributed by atoms with Crippen molar-refractivity contribution in [2.75, 3.05) is 12.0 Å². The first-order valence-corrected chi connectivity index (χ1v) is 8.56. The second-order valence-electron chi connectivity index (χ2n) is 5.62. The predicted molar refractivity (Wildman–Crippen MR) is 78.2 cm³/mol. The normalized spacial score (nSPS) is 16.7. The van der Waals surface area contributed by atoms with E-state index in [0.29, 0.717) is 0 Å². The number of hydrogen-bond acceptors (Lipinski definition) is 4. The van der Waals surface area contributed by atoms with Gasteiger partial charge in [0.1, 0.15) is 0 Å². The van der Waals surface area contributed by atoms with Gasteiger partial charge in [0.25, 0.3) is 5.91 Å². The van der Waals surface area contributed by atoms with Crippen LogP contribution in [0.1, 0.15) is 36.5 Å². The van der Waals surface area contributed by atoms with Crippen LogP contribution in [-0.4, -0.2) is 26.6 Å². The molecule has 1 aromatic carbocycles. The van der Waals surface area contributed by atoms with Crippen molar-refractivity contribution in [1.29, 1.82) is 0 Å². The van der Waals surface area contributed by atoms with Gasteiger partial charge < -0.3 is 11.1 Å². The van der Waals surface area contributed by atoms with Crippen molar-refractivity contribution in [3.05, 3.63) is 23.8 Å². The summed E-state index contributed by atoms with van der Waals surface area (Å²) in [6.07, 6.45) is 4.53. The molecule has 1 unspecified atom stereocenters. The van der Waals surface area contributed by atoms with E-state index in [1.54, 1.807) is 0 Å². The van der Waals surface area contributed by atoms with Gasteiger partial charge in [-0.2, -0.15) is 0 Å². The van der Waals surface area contributed by atoms with E-state index in [1.165, 1.54) is 31.0 Å². The number of sulfone groups is 1. The highest BCUT2D eigenvalue weighted by Crippen LogP contribution is 2.33. The minimum absolute atomic E-state index is 0.0671. The molecule has 1 aromatic rings. The predicted octanol–water partition coefficient (Wildman–Crippen LogP) is 1.59. The number of nitrogen functional groups attached to an aromatic ring is 1. The zero-order valence-electron chi connectivity index (χ0n) is 11.7. The number of amides is 1. The monoisotopic (exact) mass is 296 g/mol. The number of carbonyl (C=O) groups excluding carboxylic acids is 1. The van der Waals surface area contributed by atoms with Gasteiger partial charge in [0.15, 0.2) is 9.84 Å². The van der Waals surface area contributed by atoms with Crippen LogP contribution in [0, 0.1) is 5.92 Å². The molecule has 0 spiro atoms. The molecule has 20 heavy (non-hydrogen) atoms. The van der Waals surface area contributed by atoms with E-state index >= 15 is 0 Å². The van der Waals surface area contributed by atoms with Crippen LogP contribution >= 0.6 is 0 Å². The molecule has 1 fully saturated rings. The van der Waals surface area contributed by atoms with Crippen LogP contribution in [0.15, 0.2) is 23.1 Å². The van der Waals surface area contributed by atoms with Crippen molar-refractivity contribution >= 4 is 21.4 Å².